The second-order valence-corrected chi connectivity index (χ2v) is 4.12. The number of carbonyl (C=O) groups excluding carboxylic acids is 1. The molecular formula is C15H23NO. The molecule has 17 heavy (non-hydrogen) atoms. The fourth-order valence-corrected chi connectivity index (χ4v) is 2.10. The average Bonchev–Trinajstić information content (AvgIpc) is 2.41. The summed E-state index contributed by atoms with van der Waals surface area (Å²) < 4.78 is 0. The highest BCUT2D eigenvalue weighted by Crippen LogP contribution is 2.17. The van der Waals surface area contributed by atoms with Crippen molar-refractivity contribution in [1.29, 1.82) is 0 Å². The lowest BCUT2D eigenvalue weighted by Gasteiger charge is -2.24. The number of fused-ring (bicyclic) bond motifs is 1. The largest absolute Gasteiger partial charge is 0.303 e. The Bertz CT molecular complexity index is 360. The molecule has 0 amide bonds. The molecule has 94 valence electrons. The van der Waals surface area contributed by atoms with Gasteiger partial charge >= 0.3 is 0 Å². The molecule has 1 aliphatic rings. The lowest BCUT2D eigenvalue weighted by molar-refractivity contribution is -0.121. The van der Waals surface area contributed by atoms with Gasteiger partial charge in [-0.25, -0.2) is 0 Å². The first kappa shape index (κ1) is 13.9. The summed E-state index contributed by atoms with van der Waals surface area (Å²) in [5.74, 6) is 0.354. The zero-order chi connectivity index (χ0) is 12.7. The molecule has 0 saturated heterocycles. The van der Waals surface area contributed by atoms with Crippen LogP contribution in [0.1, 0.15) is 44.7 Å². The van der Waals surface area contributed by atoms with Crippen molar-refractivity contribution in [2.75, 3.05) is 0 Å². The standard InChI is InChI=1S/C13H17NO.C2H6/c1-2-5-13(15)12-8-10-6-3-4-7-11(10)9-14-12;1-2/h3-4,6-7,12,14H,2,5,8-9H2,1H3;1-2H3. The van der Waals surface area contributed by atoms with Crippen molar-refractivity contribution in [2.45, 2.75) is 52.6 Å². The summed E-state index contributed by atoms with van der Waals surface area (Å²) in [6.45, 7) is 6.88. The lowest BCUT2D eigenvalue weighted by atomic mass is 9.92. The van der Waals surface area contributed by atoms with Gasteiger partial charge in [0, 0.05) is 13.0 Å². The monoisotopic (exact) mass is 233 g/mol. The van der Waals surface area contributed by atoms with Crippen LogP contribution in [0.2, 0.25) is 0 Å². The summed E-state index contributed by atoms with van der Waals surface area (Å²) in [6, 6.07) is 8.39. The third kappa shape index (κ3) is 3.67. The maximum absolute atomic E-state index is 11.7. The Morgan fingerprint density at radius 2 is 1.94 bits per heavy atom. The van der Waals surface area contributed by atoms with E-state index in [9.17, 15) is 4.79 Å². The summed E-state index contributed by atoms with van der Waals surface area (Å²) in [4.78, 5) is 11.7. The number of ketones is 1. The summed E-state index contributed by atoms with van der Waals surface area (Å²) in [5.41, 5.74) is 2.66. The van der Waals surface area contributed by atoms with Gasteiger partial charge < -0.3 is 5.32 Å². The van der Waals surface area contributed by atoms with E-state index in [2.05, 4.69) is 30.4 Å². The third-order valence-corrected chi connectivity index (χ3v) is 2.97. The van der Waals surface area contributed by atoms with Gasteiger partial charge in [0.15, 0.2) is 0 Å². The van der Waals surface area contributed by atoms with E-state index >= 15 is 0 Å². The molecular weight excluding hydrogens is 210 g/mol. The van der Waals surface area contributed by atoms with Gasteiger partial charge in [0.2, 0.25) is 0 Å². The SMILES string of the molecule is CC.CCCC(=O)C1Cc2ccccc2CN1. The van der Waals surface area contributed by atoms with Crippen LogP contribution in [0.25, 0.3) is 0 Å². The smallest absolute Gasteiger partial charge is 0.150 e. The summed E-state index contributed by atoms with van der Waals surface area (Å²) >= 11 is 0. The number of carbonyl (C=O) groups is 1. The van der Waals surface area contributed by atoms with Crippen molar-refractivity contribution < 1.29 is 4.79 Å². The molecule has 0 spiro atoms. The van der Waals surface area contributed by atoms with Gasteiger partial charge in [-0.1, -0.05) is 45.0 Å². The highest BCUT2D eigenvalue weighted by Gasteiger charge is 2.22. The molecule has 1 aliphatic heterocycles. The van der Waals surface area contributed by atoms with Gasteiger partial charge in [-0.3, -0.25) is 4.79 Å². The highest BCUT2D eigenvalue weighted by atomic mass is 16.1. The van der Waals surface area contributed by atoms with E-state index in [-0.39, 0.29) is 6.04 Å². The van der Waals surface area contributed by atoms with Crippen molar-refractivity contribution >= 4 is 5.78 Å². The molecule has 1 atom stereocenters. The molecule has 1 aromatic rings. The molecule has 0 aromatic heterocycles. The fourth-order valence-electron chi connectivity index (χ4n) is 2.10. The topological polar surface area (TPSA) is 29.1 Å². The minimum atomic E-state index is 0.0415. The van der Waals surface area contributed by atoms with Crippen molar-refractivity contribution in [2.24, 2.45) is 0 Å². The van der Waals surface area contributed by atoms with Gasteiger partial charge in [0.05, 0.1) is 6.04 Å². The van der Waals surface area contributed by atoms with Gasteiger partial charge in [-0.05, 0) is 24.0 Å². The Kier molecular flexibility index (Phi) is 5.92. The van der Waals surface area contributed by atoms with Gasteiger partial charge in [0.25, 0.3) is 0 Å². The number of hydrogen-bond acceptors (Lipinski definition) is 2. The summed E-state index contributed by atoms with van der Waals surface area (Å²) in [5, 5.41) is 3.31. The van der Waals surface area contributed by atoms with Crippen molar-refractivity contribution in [1.82, 2.24) is 5.32 Å². The average molecular weight is 233 g/mol. The van der Waals surface area contributed by atoms with E-state index in [4.69, 9.17) is 0 Å². The Labute approximate surface area is 104 Å². The Balaban J connectivity index is 0.000000686. The molecule has 0 bridgehead atoms. The molecule has 0 saturated carbocycles. The van der Waals surface area contributed by atoms with Crippen molar-refractivity contribution in [3.8, 4) is 0 Å². The van der Waals surface area contributed by atoms with Crippen LogP contribution in [0, 0.1) is 0 Å². The van der Waals surface area contributed by atoms with E-state index in [1.165, 1.54) is 11.1 Å². The van der Waals surface area contributed by atoms with E-state index in [0.29, 0.717) is 12.2 Å². The minimum absolute atomic E-state index is 0.0415. The molecule has 1 N–H and O–H groups in total. The quantitative estimate of drug-likeness (QED) is 0.869. The highest BCUT2D eigenvalue weighted by molar-refractivity contribution is 5.84. The first-order chi connectivity index (χ1) is 8.31. The maximum Gasteiger partial charge on any atom is 0.150 e. The van der Waals surface area contributed by atoms with Crippen molar-refractivity contribution in [3.63, 3.8) is 0 Å². The molecule has 2 rings (SSSR count). The van der Waals surface area contributed by atoms with E-state index in [1.807, 2.05) is 19.9 Å². The number of benzene rings is 1. The molecule has 1 unspecified atom stereocenters. The van der Waals surface area contributed by atoms with Crippen LogP contribution in [0.4, 0.5) is 0 Å². The van der Waals surface area contributed by atoms with Crippen LogP contribution >= 0.6 is 0 Å². The fraction of sp³-hybridized carbons (Fsp3) is 0.533. The van der Waals surface area contributed by atoms with Crippen molar-refractivity contribution in [3.05, 3.63) is 35.4 Å². The van der Waals surface area contributed by atoms with Crippen LogP contribution in [-0.4, -0.2) is 11.8 Å². The predicted molar refractivity (Wildman–Crippen MR) is 72.0 cm³/mol. The predicted octanol–water partition coefficient (Wildman–Crippen LogP) is 3.10. The van der Waals surface area contributed by atoms with E-state index < -0.39 is 0 Å². The molecule has 0 aliphatic carbocycles. The summed E-state index contributed by atoms with van der Waals surface area (Å²) in [7, 11) is 0. The lowest BCUT2D eigenvalue weighted by Crippen LogP contribution is -2.41. The molecule has 1 aromatic carbocycles. The Hall–Kier alpha value is -1.15. The van der Waals surface area contributed by atoms with Crippen LogP contribution in [0.3, 0.4) is 0 Å². The summed E-state index contributed by atoms with van der Waals surface area (Å²) in [6.07, 6.45) is 2.49. The number of hydrogen-bond donors (Lipinski definition) is 1. The zero-order valence-electron chi connectivity index (χ0n) is 11.1. The second kappa shape index (κ2) is 7.23. The van der Waals surface area contributed by atoms with Gasteiger partial charge in [-0.15, -0.1) is 0 Å². The third-order valence-electron chi connectivity index (χ3n) is 2.97. The van der Waals surface area contributed by atoms with Gasteiger partial charge in [-0.2, -0.15) is 0 Å². The Morgan fingerprint density at radius 3 is 2.59 bits per heavy atom. The number of rotatable bonds is 3. The van der Waals surface area contributed by atoms with Crippen LogP contribution in [0.15, 0.2) is 24.3 Å². The number of Topliss-reactive ketones (excluding diaryl/α,β-unsaturated/α-hetero) is 1. The van der Waals surface area contributed by atoms with Crippen LogP contribution in [0.5, 0.6) is 0 Å². The molecule has 0 radical (unpaired) electrons. The van der Waals surface area contributed by atoms with Crippen LogP contribution in [-0.2, 0) is 17.8 Å². The second-order valence-electron chi connectivity index (χ2n) is 4.12. The molecule has 2 nitrogen and oxygen atoms in total. The van der Waals surface area contributed by atoms with E-state index in [0.717, 1.165) is 19.4 Å². The molecule has 2 heteroatoms. The zero-order valence-corrected chi connectivity index (χ0v) is 11.1. The molecule has 0 fully saturated rings. The number of nitrogens with one attached hydrogen (secondary N) is 1. The first-order valence-electron chi connectivity index (χ1n) is 6.64. The van der Waals surface area contributed by atoms with E-state index in [1.54, 1.807) is 0 Å². The van der Waals surface area contributed by atoms with Gasteiger partial charge in [0.1, 0.15) is 5.78 Å². The Morgan fingerprint density at radius 1 is 1.29 bits per heavy atom. The minimum Gasteiger partial charge on any atom is -0.303 e. The van der Waals surface area contributed by atoms with Crippen LogP contribution < -0.4 is 5.32 Å². The molecule has 1 heterocycles. The normalized spacial score (nSPS) is 17.7. The maximum atomic E-state index is 11.7. The first-order valence-corrected chi connectivity index (χ1v) is 6.64.